The topological polar surface area (TPSA) is 112 Å². The van der Waals surface area contributed by atoms with Crippen LogP contribution in [0.2, 0.25) is 0 Å². The van der Waals surface area contributed by atoms with Crippen molar-refractivity contribution in [2.24, 2.45) is 5.92 Å². The van der Waals surface area contributed by atoms with E-state index in [4.69, 9.17) is 0 Å². The van der Waals surface area contributed by atoms with Crippen molar-refractivity contribution in [1.29, 1.82) is 0 Å². The van der Waals surface area contributed by atoms with Gasteiger partial charge in [0.05, 0.1) is 17.4 Å². The number of nitrogens with zero attached hydrogens (tertiary/aromatic N) is 2. The molecule has 1 aliphatic heterocycles. The molecule has 3 aromatic rings. The van der Waals surface area contributed by atoms with E-state index in [2.05, 4.69) is 26.6 Å². The largest absolute Gasteiger partial charge is 0.480 e. The lowest BCUT2D eigenvalue weighted by Gasteiger charge is -2.33. The van der Waals surface area contributed by atoms with Crippen LogP contribution in [-0.4, -0.2) is 53.6 Å². The second-order valence-corrected chi connectivity index (χ2v) is 8.12. The number of pyridine rings is 1. The van der Waals surface area contributed by atoms with E-state index in [1.807, 2.05) is 30.5 Å². The van der Waals surface area contributed by atoms with Gasteiger partial charge < -0.3 is 20.6 Å². The van der Waals surface area contributed by atoms with Crippen LogP contribution in [0.5, 0.6) is 0 Å². The minimum atomic E-state index is -1.19. The maximum absolute atomic E-state index is 12.7. The van der Waals surface area contributed by atoms with Gasteiger partial charge >= 0.3 is 5.97 Å². The van der Waals surface area contributed by atoms with Crippen LogP contribution in [0.25, 0.3) is 10.9 Å². The van der Waals surface area contributed by atoms with Gasteiger partial charge in [0.1, 0.15) is 6.04 Å². The highest BCUT2D eigenvalue weighted by atomic mass is 16.4. The van der Waals surface area contributed by atoms with Crippen molar-refractivity contribution in [3.8, 4) is 0 Å². The quantitative estimate of drug-likeness (QED) is 0.514. The van der Waals surface area contributed by atoms with Crippen LogP contribution in [0.15, 0.2) is 66.9 Å². The molecule has 0 aliphatic carbocycles. The van der Waals surface area contributed by atoms with Crippen molar-refractivity contribution >= 4 is 34.4 Å². The summed E-state index contributed by atoms with van der Waals surface area (Å²) in [5, 5.41) is 15.7. The molecule has 0 radical (unpaired) electrons. The Bertz CT molecular complexity index is 1140. The molecular weight excluding hydrogens is 420 g/mol. The van der Waals surface area contributed by atoms with E-state index in [9.17, 15) is 19.5 Å². The molecule has 1 saturated heterocycles. The molecule has 1 atom stereocenters. The normalized spacial score (nSPS) is 15.1. The van der Waals surface area contributed by atoms with Crippen LogP contribution in [0.1, 0.15) is 23.2 Å². The Hall–Kier alpha value is -3.94. The van der Waals surface area contributed by atoms with Gasteiger partial charge in [-0.15, -0.1) is 0 Å². The van der Waals surface area contributed by atoms with Crippen LogP contribution in [0.3, 0.4) is 0 Å². The average molecular weight is 447 g/mol. The zero-order valence-corrected chi connectivity index (χ0v) is 18.1. The molecule has 0 spiro atoms. The van der Waals surface area contributed by atoms with Gasteiger partial charge in [0.25, 0.3) is 5.91 Å². The summed E-state index contributed by atoms with van der Waals surface area (Å²) in [6, 6.07) is 17.4. The maximum atomic E-state index is 12.7. The van der Waals surface area contributed by atoms with Crippen LogP contribution >= 0.6 is 0 Å². The number of carbonyl (C=O) groups excluding carboxylic acids is 2. The third-order valence-corrected chi connectivity index (χ3v) is 5.92. The van der Waals surface area contributed by atoms with E-state index >= 15 is 0 Å². The number of benzene rings is 2. The van der Waals surface area contributed by atoms with Crippen molar-refractivity contribution in [1.82, 2.24) is 15.6 Å². The number of rotatable bonds is 7. The second-order valence-electron chi connectivity index (χ2n) is 8.12. The van der Waals surface area contributed by atoms with E-state index < -0.39 is 12.0 Å². The summed E-state index contributed by atoms with van der Waals surface area (Å²) in [6.45, 7) is 1.18. The number of aromatic nitrogens is 1. The highest BCUT2D eigenvalue weighted by Gasteiger charge is 2.29. The minimum Gasteiger partial charge on any atom is -0.480 e. The fourth-order valence-electron chi connectivity index (χ4n) is 4.01. The molecule has 4 rings (SSSR count). The second kappa shape index (κ2) is 10.1. The Morgan fingerprint density at radius 1 is 1.03 bits per heavy atom. The molecule has 1 unspecified atom stereocenters. The summed E-state index contributed by atoms with van der Waals surface area (Å²) < 4.78 is 0. The molecule has 8 nitrogen and oxygen atoms in total. The van der Waals surface area contributed by atoms with E-state index in [1.54, 1.807) is 30.3 Å². The van der Waals surface area contributed by atoms with Crippen LogP contribution in [0, 0.1) is 5.92 Å². The molecule has 1 fully saturated rings. The molecule has 2 aromatic carbocycles. The van der Waals surface area contributed by atoms with Gasteiger partial charge in [0.2, 0.25) is 5.91 Å². The lowest BCUT2D eigenvalue weighted by Crippen LogP contribution is -2.51. The molecule has 1 aromatic heterocycles. The van der Waals surface area contributed by atoms with Gasteiger partial charge in [-0.1, -0.05) is 36.4 Å². The zero-order valence-electron chi connectivity index (χ0n) is 18.1. The molecule has 2 heterocycles. The Kier molecular flexibility index (Phi) is 6.83. The molecule has 0 bridgehead atoms. The standard InChI is InChI=1S/C25H26N4O4/c30-23(17-6-2-1-3-7-17)27-16-22(25(32)33)28-24(31)18-10-12-29(13-11-18)20-14-19-8-4-5-9-21(19)26-15-20/h1-9,14-15,18,22H,10-13,16H2,(H,27,30)(H,28,31)(H,32,33). The van der Waals surface area contributed by atoms with Gasteiger partial charge in [0, 0.05) is 36.5 Å². The average Bonchev–Trinajstić information content (AvgIpc) is 2.86. The minimum absolute atomic E-state index is 0.184. The van der Waals surface area contributed by atoms with Crippen LogP contribution in [-0.2, 0) is 9.59 Å². The predicted molar refractivity (Wildman–Crippen MR) is 125 cm³/mol. The molecule has 33 heavy (non-hydrogen) atoms. The number of amides is 2. The Labute approximate surface area is 191 Å². The lowest BCUT2D eigenvalue weighted by molar-refractivity contribution is -0.142. The van der Waals surface area contributed by atoms with Crippen molar-refractivity contribution in [2.45, 2.75) is 18.9 Å². The molecule has 2 amide bonds. The number of para-hydroxylation sites is 1. The number of fused-ring (bicyclic) bond motifs is 1. The number of carboxylic acid groups (broad SMARTS) is 1. The third-order valence-electron chi connectivity index (χ3n) is 5.92. The molecule has 1 aliphatic rings. The molecule has 0 saturated carbocycles. The Morgan fingerprint density at radius 2 is 1.73 bits per heavy atom. The van der Waals surface area contributed by atoms with Gasteiger partial charge in [-0.25, -0.2) is 4.79 Å². The Morgan fingerprint density at radius 3 is 2.45 bits per heavy atom. The highest BCUT2D eigenvalue weighted by molar-refractivity contribution is 5.94. The summed E-state index contributed by atoms with van der Waals surface area (Å²) >= 11 is 0. The highest BCUT2D eigenvalue weighted by Crippen LogP contribution is 2.25. The maximum Gasteiger partial charge on any atom is 0.328 e. The first kappa shape index (κ1) is 22.3. The SMILES string of the molecule is O=C(NCC(NC(=O)C1CCN(c2cnc3ccccc3c2)CC1)C(=O)O)c1ccccc1. The first-order valence-corrected chi connectivity index (χ1v) is 11.0. The van der Waals surface area contributed by atoms with Crippen LogP contribution in [0.4, 0.5) is 5.69 Å². The first-order chi connectivity index (χ1) is 16.0. The third kappa shape index (κ3) is 5.46. The Balaban J connectivity index is 1.30. The lowest BCUT2D eigenvalue weighted by atomic mass is 9.95. The van der Waals surface area contributed by atoms with Crippen molar-refractivity contribution in [3.05, 3.63) is 72.4 Å². The number of piperidine rings is 1. The predicted octanol–water partition coefficient (Wildman–Crippen LogP) is 2.45. The van der Waals surface area contributed by atoms with Crippen molar-refractivity contribution in [2.75, 3.05) is 24.5 Å². The summed E-state index contributed by atoms with van der Waals surface area (Å²) in [5.41, 5.74) is 2.39. The van der Waals surface area contributed by atoms with Gasteiger partial charge in [0.15, 0.2) is 0 Å². The number of nitrogens with one attached hydrogen (secondary N) is 2. The molecular formula is C25H26N4O4. The van der Waals surface area contributed by atoms with E-state index in [0.29, 0.717) is 31.5 Å². The van der Waals surface area contributed by atoms with Gasteiger partial charge in [-0.05, 0) is 37.1 Å². The molecule has 8 heteroatoms. The van der Waals surface area contributed by atoms with E-state index in [1.165, 1.54) is 0 Å². The fraction of sp³-hybridized carbons (Fsp3) is 0.280. The summed E-state index contributed by atoms with van der Waals surface area (Å²) in [5.74, 6) is -2.14. The number of aliphatic carboxylic acids is 1. The fourth-order valence-corrected chi connectivity index (χ4v) is 4.01. The summed E-state index contributed by atoms with van der Waals surface area (Å²) in [6.07, 6.45) is 3.07. The number of hydrogen-bond acceptors (Lipinski definition) is 5. The zero-order chi connectivity index (χ0) is 23.2. The van der Waals surface area contributed by atoms with E-state index in [0.717, 1.165) is 16.6 Å². The van der Waals surface area contributed by atoms with Crippen molar-refractivity contribution < 1.29 is 19.5 Å². The number of carbonyl (C=O) groups is 3. The first-order valence-electron chi connectivity index (χ1n) is 11.0. The summed E-state index contributed by atoms with van der Waals surface area (Å²) in [7, 11) is 0. The smallest absolute Gasteiger partial charge is 0.328 e. The van der Waals surface area contributed by atoms with E-state index in [-0.39, 0.29) is 24.3 Å². The van der Waals surface area contributed by atoms with Gasteiger partial charge in [-0.2, -0.15) is 0 Å². The van der Waals surface area contributed by atoms with Crippen molar-refractivity contribution in [3.63, 3.8) is 0 Å². The number of hydrogen-bond donors (Lipinski definition) is 3. The van der Waals surface area contributed by atoms with Crippen LogP contribution < -0.4 is 15.5 Å². The molecule has 3 N–H and O–H groups in total. The van der Waals surface area contributed by atoms with Gasteiger partial charge in [-0.3, -0.25) is 14.6 Å². The summed E-state index contributed by atoms with van der Waals surface area (Å²) in [4.78, 5) is 43.2. The number of carboxylic acids is 1. The number of anilines is 1. The monoisotopic (exact) mass is 446 g/mol. The molecule has 170 valence electrons.